The number of carbonyl (C=O) groups excluding carboxylic acids is 1. The van der Waals surface area contributed by atoms with Crippen molar-refractivity contribution in [1.82, 2.24) is 4.57 Å². The summed E-state index contributed by atoms with van der Waals surface area (Å²) >= 11 is 1.27. The van der Waals surface area contributed by atoms with E-state index in [4.69, 9.17) is 5.11 Å². The van der Waals surface area contributed by atoms with Crippen LogP contribution >= 0.6 is 11.8 Å². The van der Waals surface area contributed by atoms with Crippen LogP contribution in [0.3, 0.4) is 0 Å². The molecule has 0 radical (unpaired) electrons. The molecule has 0 bridgehead atoms. The minimum absolute atomic E-state index is 0.0173. The number of thioether (sulfide) groups is 1. The molecular formula is C14H13NO3S. The van der Waals surface area contributed by atoms with E-state index in [-0.39, 0.29) is 11.7 Å². The molecule has 0 aliphatic carbocycles. The highest BCUT2D eigenvalue weighted by molar-refractivity contribution is 8.14. The van der Waals surface area contributed by atoms with E-state index in [1.807, 2.05) is 25.1 Å². The fraction of sp³-hybridized carbons (Fsp3) is 0.286. The van der Waals surface area contributed by atoms with Crippen molar-refractivity contribution in [3.63, 3.8) is 0 Å². The van der Waals surface area contributed by atoms with Crippen molar-refractivity contribution >= 4 is 33.7 Å². The van der Waals surface area contributed by atoms with Gasteiger partial charge in [-0.2, -0.15) is 0 Å². The largest absolute Gasteiger partial charge is 0.480 e. The van der Waals surface area contributed by atoms with Gasteiger partial charge >= 0.3 is 5.97 Å². The normalized spacial score (nSPS) is 14.7. The smallest absolute Gasteiger partial charge is 0.323 e. The van der Waals surface area contributed by atoms with Crippen molar-refractivity contribution in [2.24, 2.45) is 0 Å². The molecule has 0 amide bonds. The van der Waals surface area contributed by atoms with Crippen molar-refractivity contribution in [2.45, 2.75) is 19.9 Å². The fourth-order valence-electron chi connectivity index (χ4n) is 2.64. The quantitative estimate of drug-likeness (QED) is 0.914. The monoisotopic (exact) mass is 275 g/mol. The minimum atomic E-state index is -0.927. The lowest BCUT2D eigenvalue weighted by molar-refractivity contribution is -0.137. The van der Waals surface area contributed by atoms with Gasteiger partial charge in [0.25, 0.3) is 0 Å². The number of aliphatic carboxylic acids is 1. The summed E-state index contributed by atoms with van der Waals surface area (Å²) in [5, 5.41) is 10.0. The molecule has 3 rings (SSSR count). The van der Waals surface area contributed by atoms with E-state index in [9.17, 15) is 9.59 Å². The van der Waals surface area contributed by atoms with Gasteiger partial charge in [-0.25, -0.2) is 0 Å². The molecule has 0 unspecified atom stereocenters. The van der Waals surface area contributed by atoms with Crippen LogP contribution in [0.4, 0.5) is 0 Å². The van der Waals surface area contributed by atoms with E-state index < -0.39 is 5.97 Å². The molecule has 0 saturated heterocycles. The third-order valence-corrected chi connectivity index (χ3v) is 4.26. The Hall–Kier alpha value is -1.75. The van der Waals surface area contributed by atoms with Gasteiger partial charge in [0, 0.05) is 16.7 Å². The lowest BCUT2D eigenvalue weighted by Crippen LogP contribution is -2.17. The van der Waals surface area contributed by atoms with Gasteiger partial charge < -0.3 is 9.67 Å². The second-order valence-electron chi connectivity index (χ2n) is 4.71. The maximum Gasteiger partial charge on any atom is 0.323 e. The molecular weight excluding hydrogens is 262 g/mol. The Labute approximate surface area is 114 Å². The first-order valence-corrected chi connectivity index (χ1v) is 7.07. The Morgan fingerprint density at radius 2 is 2.26 bits per heavy atom. The predicted octanol–water partition coefficient (Wildman–Crippen LogP) is 2.46. The van der Waals surface area contributed by atoms with Gasteiger partial charge in [-0.1, -0.05) is 23.4 Å². The first kappa shape index (κ1) is 12.3. The molecule has 5 heteroatoms. The van der Waals surface area contributed by atoms with Gasteiger partial charge in [-0.05, 0) is 31.0 Å². The third kappa shape index (κ3) is 1.94. The van der Waals surface area contributed by atoms with Crippen LogP contribution in [0, 0.1) is 6.92 Å². The molecule has 4 nitrogen and oxygen atoms in total. The van der Waals surface area contributed by atoms with E-state index in [0.29, 0.717) is 5.69 Å². The van der Waals surface area contributed by atoms with Crippen LogP contribution in [0.25, 0.3) is 10.9 Å². The van der Waals surface area contributed by atoms with Crippen LogP contribution in [-0.4, -0.2) is 26.5 Å². The third-order valence-electron chi connectivity index (χ3n) is 3.40. The van der Waals surface area contributed by atoms with Crippen molar-refractivity contribution in [3.8, 4) is 0 Å². The average Bonchev–Trinajstić information content (AvgIpc) is 2.64. The standard InChI is InChI=1S/C14H13NO3S/c1-8-2-3-11-10(6-8)9-4-5-19-14(18)13(9)15(11)7-12(16)17/h2-3,6H,4-5,7H2,1H3,(H,16,17). The van der Waals surface area contributed by atoms with Crippen LogP contribution in [0.1, 0.15) is 21.6 Å². The zero-order chi connectivity index (χ0) is 13.6. The zero-order valence-corrected chi connectivity index (χ0v) is 11.3. The summed E-state index contributed by atoms with van der Waals surface area (Å²) in [6.07, 6.45) is 0.818. The van der Waals surface area contributed by atoms with E-state index in [0.717, 1.165) is 34.2 Å². The van der Waals surface area contributed by atoms with E-state index in [1.165, 1.54) is 11.8 Å². The van der Waals surface area contributed by atoms with Gasteiger partial charge in [0.15, 0.2) is 0 Å². The van der Waals surface area contributed by atoms with Crippen LogP contribution in [-0.2, 0) is 17.8 Å². The zero-order valence-electron chi connectivity index (χ0n) is 10.5. The molecule has 2 aromatic rings. The molecule has 19 heavy (non-hydrogen) atoms. The number of aryl methyl sites for hydroxylation is 2. The van der Waals surface area contributed by atoms with Gasteiger partial charge in [-0.15, -0.1) is 0 Å². The summed E-state index contributed by atoms with van der Waals surface area (Å²) in [5.74, 6) is -0.157. The minimum Gasteiger partial charge on any atom is -0.480 e. The molecule has 0 saturated carbocycles. The molecule has 98 valence electrons. The Morgan fingerprint density at radius 3 is 3.00 bits per heavy atom. The second kappa shape index (κ2) is 4.42. The summed E-state index contributed by atoms with van der Waals surface area (Å²) in [5.41, 5.74) is 3.53. The molecule has 2 heterocycles. The van der Waals surface area contributed by atoms with Gasteiger partial charge in [0.05, 0.1) is 0 Å². The summed E-state index contributed by atoms with van der Waals surface area (Å²) in [7, 11) is 0. The summed E-state index contributed by atoms with van der Waals surface area (Å²) in [6.45, 7) is 1.83. The molecule has 1 N–H and O–H groups in total. The molecule has 1 aliphatic rings. The SMILES string of the molecule is Cc1ccc2c(c1)c1c(n2CC(=O)O)C(=O)SCC1. The topological polar surface area (TPSA) is 59.3 Å². The number of carboxylic acid groups (broad SMARTS) is 1. The molecule has 0 spiro atoms. The highest BCUT2D eigenvalue weighted by atomic mass is 32.2. The highest BCUT2D eigenvalue weighted by Gasteiger charge is 2.27. The lowest BCUT2D eigenvalue weighted by atomic mass is 10.1. The van der Waals surface area contributed by atoms with Crippen molar-refractivity contribution < 1.29 is 14.7 Å². The molecule has 1 aromatic heterocycles. The Morgan fingerprint density at radius 1 is 1.47 bits per heavy atom. The van der Waals surface area contributed by atoms with Crippen LogP contribution in [0.2, 0.25) is 0 Å². The van der Waals surface area contributed by atoms with Crippen LogP contribution < -0.4 is 0 Å². The van der Waals surface area contributed by atoms with Gasteiger partial charge in [-0.3, -0.25) is 9.59 Å². The molecule has 0 fully saturated rings. The Balaban J connectivity index is 2.35. The first-order valence-electron chi connectivity index (χ1n) is 6.08. The lowest BCUT2D eigenvalue weighted by Gasteiger charge is -2.12. The Bertz CT molecular complexity index is 702. The van der Waals surface area contributed by atoms with E-state index in [2.05, 4.69) is 0 Å². The average molecular weight is 275 g/mol. The molecule has 1 aliphatic heterocycles. The van der Waals surface area contributed by atoms with Crippen molar-refractivity contribution in [1.29, 1.82) is 0 Å². The number of aromatic nitrogens is 1. The number of carbonyl (C=O) groups is 2. The number of benzene rings is 1. The first-order chi connectivity index (χ1) is 9.08. The number of hydrogen-bond acceptors (Lipinski definition) is 3. The van der Waals surface area contributed by atoms with Crippen LogP contribution in [0.5, 0.6) is 0 Å². The molecule has 1 aromatic carbocycles. The van der Waals surface area contributed by atoms with Gasteiger partial charge in [0.1, 0.15) is 12.2 Å². The van der Waals surface area contributed by atoms with Crippen LogP contribution in [0.15, 0.2) is 18.2 Å². The predicted molar refractivity (Wildman–Crippen MR) is 74.8 cm³/mol. The summed E-state index contributed by atoms with van der Waals surface area (Å²) < 4.78 is 1.64. The number of hydrogen-bond donors (Lipinski definition) is 1. The van der Waals surface area contributed by atoms with E-state index in [1.54, 1.807) is 4.57 Å². The fourth-order valence-corrected chi connectivity index (χ4v) is 3.50. The van der Waals surface area contributed by atoms with E-state index >= 15 is 0 Å². The second-order valence-corrected chi connectivity index (χ2v) is 5.78. The number of rotatable bonds is 2. The number of fused-ring (bicyclic) bond motifs is 3. The highest BCUT2D eigenvalue weighted by Crippen LogP contribution is 2.34. The summed E-state index contributed by atoms with van der Waals surface area (Å²) in [4.78, 5) is 23.1. The van der Waals surface area contributed by atoms with Gasteiger partial charge in [0.2, 0.25) is 5.12 Å². The van der Waals surface area contributed by atoms with Crippen molar-refractivity contribution in [3.05, 3.63) is 35.0 Å². The summed E-state index contributed by atoms with van der Waals surface area (Å²) in [6, 6.07) is 5.89. The maximum atomic E-state index is 12.1. The van der Waals surface area contributed by atoms with Crippen molar-refractivity contribution in [2.75, 3.05) is 5.75 Å². The number of carboxylic acids is 1. The number of nitrogens with zero attached hydrogens (tertiary/aromatic N) is 1. The maximum absolute atomic E-state index is 12.1. The Kier molecular flexibility index (Phi) is 2.86. The molecule has 0 atom stereocenters.